The number of amides is 1. The predicted octanol–water partition coefficient (Wildman–Crippen LogP) is 2.73. The summed E-state index contributed by atoms with van der Waals surface area (Å²) in [4.78, 5) is 14.0. The number of nitrogens with one attached hydrogen (secondary N) is 1. The van der Waals surface area contributed by atoms with Gasteiger partial charge >= 0.3 is 0 Å². The second-order valence-corrected chi connectivity index (χ2v) is 6.98. The number of carbonyl (C=O) groups excluding carboxylic acids is 1. The first-order valence-corrected chi connectivity index (χ1v) is 8.31. The van der Waals surface area contributed by atoms with Crippen molar-refractivity contribution in [1.29, 1.82) is 0 Å². The summed E-state index contributed by atoms with van der Waals surface area (Å²) in [5, 5.41) is 5.14. The van der Waals surface area contributed by atoms with Crippen LogP contribution < -0.4 is 5.32 Å². The fraction of sp³-hybridized carbons (Fsp3) is 0.688. The molecule has 0 bridgehead atoms. The van der Waals surface area contributed by atoms with Gasteiger partial charge in [0.1, 0.15) is 5.60 Å². The van der Waals surface area contributed by atoms with E-state index in [0.717, 1.165) is 25.7 Å². The SMILES string of the molecule is COC[C@@](C)(CNC(=O)C1(c2cccs2)CCCC1)OC. The van der Waals surface area contributed by atoms with E-state index in [-0.39, 0.29) is 11.3 Å². The van der Waals surface area contributed by atoms with Crippen LogP contribution >= 0.6 is 11.3 Å². The van der Waals surface area contributed by atoms with Crippen molar-refractivity contribution in [3.8, 4) is 0 Å². The molecule has 1 aliphatic rings. The van der Waals surface area contributed by atoms with Crippen LogP contribution in [0.2, 0.25) is 0 Å². The lowest BCUT2D eigenvalue weighted by Crippen LogP contribution is -2.50. The summed E-state index contributed by atoms with van der Waals surface area (Å²) in [6.07, 6.45) is 4.11. The zero-order valence-corrected chi connectivity index (χ0v) is 13.9. The van der Waals surface area contributed by atoms with E-state index in [0.29, 0.717) is 13.2 Å². The van der Waals surface area contributed by atoms with Crippen LogP contribution in [0.25, 0.3) is 0 Å². The van der Waals surface area contributed by atoms with Crippen LogP contribution in [-0.2, 0) is 19.7 Å². The molecule has 0 radical (unpaired) electrons. The molecule has 0 aromatic carbocycles. The van der Waals surface area contributed by atoms with Crippen molar-refractivity contribution >= 4 is 17.2 Å². The highest BCUT2D eigenvalue weighted by atomic mass is 32.1. The van der Waals surface area contributed by atoms with Gasteiger partial charge < -0.3 is 14.8 Å². The van der Waals surface area contributed by atoms with Gasteiger partial charge in [0.2, 0.25) is 5.91 Å². The van der Waals surface area contributed by atoms with Crippen molar-refractivity contribution in [1.82, 2.24) is 5.32 Å². The summed E-state index contributed by atoms with van der Waals surface area (Å²) in [5.41, 5.74) is -0.824. The monoisotopic (exact) mass is 311 g/mol. The van der Waals surface area contributed by atoms with Gasteiger partial charge in [0.05, 0.1) is 12.0 Å². The number of methoxy groups -OCH3 is 2. The highest BCUT2D eigenvalue weighted by Gasteiger charge is 2.44. The minimum Gasteiger partial charge on any atom is -0.382 e. The summed E-state index contributed by atoms with van der Waals surface area (Å²) in [7, 11) is 3.29. The minimum absolute atomic E-state index is 0.127. The van der Waals surface area contributed by atoms with Crippen molar-refractivity contribution in [3.05, 3.63) is 22.4 Å². The Labute approximate surface area is 130 Å². The number of ether oxygens (including phenoxy) is 2. The molecule has 1 aromatic rings. The highest BCUT2D eigenvalue weighted by Crippen LogP contribution is 2.43. The number of hydrogen-bond acceptors (Lipinski definition) is 4. The Morgan fingerprint density at radius 3 is 2.67 bits per heavy atom. The third-order valence-corrected chi connectivity index (χ3v) is 5.52. The van der Waals surface area contributed by atoms with Crippen LogP contribution in [0.5, 0.6) is 0 Å². The maximum absolute atomic E-state index is 12.8. The Bertz CT molecular complexity index is 454. The standard InChI is InChI=1S/C16H25NO3S/c1-15(20-3,12-19-2)11-17-14(18)16(8-4-5-9-16)13-7-6-10-21-13/h6-7,10H,4-5,8-9,11-12H2,1-3H3,(H,17,18)/t15-/m1/s1. The lowest BCUT2D eigenvalue weighted by Gasteiger charge is -2.31. The molecule has 1 aromatic heterocycles. The van der Waals surface area contributed by atoms with E-state index in [1.807, 2.05) is 18.4 Å². The molecule has 2 rings (SSSR count). The first-order chi connectivity index (χ1) is 10.1. The van der Waals surface area contributed by atoms with E-state index in [9.17, 15) is 4.79 Å². The number of thiophene rings is 1. The zero-order valence-electron chi connectivity index (χ0n) is 13.1. The molecule has 1 saturated carbocycles. The summed E-state index contributed by atoms with van der Waals surface area (Å²) in [6, 6.07) is 4.11. The lowest BCUT2D eigenvalue weighted by atomic mass is 9.83. The summed E-state index contributed by atoms with van der Waals surface area (Å²) in [5.74, 6) is 0.127. The van der Waals surface area contributed by atoms with E-state index < -0.39 is 5.60 Å². The summed E-state index contributed by atoms with van der Waals surface area (Å²) in [6.45, 7) is 2.86. The van der Waals surface area contributed by atoms with Crippen LogP contribution in [0.1, 0.15) is 37.5 Å². The molecule has 4 nitrogen and oxygen atoms in total. The molecule has 1 N–H and O–H groups in total. The van der Waals surface area contributed by atoms with E-state index >= 15 is 0 Å². The maximum atomic E-state index is 12.8. The van der Waals surface area contributed by atoms with Crippen LogP contribution in [0.4, 0.5) is 0 Å². The molecule has 0 saturated heterocycles. The molecule has 1 heterocycles. The molecule has 0 unspecified atom stereocenters. The minimum atomic E-state index is -0.486. The first kappa shape index (κ1) is 16.5. The van der Waals surface area contributed by atoms with Crippen LogP contribution in [0.3, 0.4) is 0 Å². The third-order valence-electron chi connectivity index (χ3n) is 4.45. The second kappa shape index (κ2) is 6.90. The molecule has 0 spiro atoms. The Hall–Kier alpha value is -0.910. The van der Waals surface area contributed by atoms with Gasteiger partial charge in [-0.3, -0.25) is 4.79 Å². The van der Waals surface area contributed by atoms with Gasteiger partial charge in [0.15, 0.2) is 0 Å². The molecule has 1 aliphatic carbocycles. The smallest absolute Gasteiger partial charge is 0.231 e. The van der Waals surface area contributed by atoms with Crippen molar-refractivity contribution in [2.45, 2.75) is 43.6 Å². The molecular formula is C16H25NO3S. The summed E-state index contributed by atoms with van der Waals surface area (Å²) < 4.78 is 10.7. The Morgan fingerprint density at radius 1 is 1.43 bits per heavy atom. The van der Waals surface area contributed by atoms with Gasteiger partial charge in [0.25, 0.3) is 0 Å². The molecular weight excluding hydrogens is 286 g/mol. The normalized spacial score (nSPS) is 20.1. The Kier molecular flexibility index (Phi) is 5.41. The molecule has 21 heavy (non-hydrogen) atoms. The third kappa shape index (κ3) is 3.47. The van der Waals surface area contributed by atoms with E-state index in [1.54, 1.807) is 25.6 Å². The fourth-order valence-electron chi connectivity index (χ4n) is 3.04. The quantitative estimate of drug-likeness (QED) is 0.842. The molecule has 118 valence electrons. The number of carbonyl (C=O) groups is 1. The molecule has 1 amide bonds. The van der Waals surface area contributed by atoms with Gasteiger partial charge in [-0.15, -0.1) is 11.3 Å². The molecule has 1 fully saturated rings. The van der Waals surface area contributed by atoms with Crippen molar-refractivity contribution < 1.29 is 14.3 Å². The van der Waals surface area contributed by atoms with E-state index in [1.165, 1.54) is 4.88 Å². The van der Waals surface area contributed by atoms with E-state index in [2.05, 4.69) is 11.4 Å². The number of hydrogen-bond donors (Lipinski definition) is 1. The van der Waals surface area contributed by atoms with Crippen LogP contribution in [0, 0.1) is 0 Å². The Balaban J connectivity index is 2.07. The Morgan fingerprint density at radius 2 is 2.14 bits per heavy atom. The summed E-state index contributed by atoms with van der Waals surface area (Å²) >= 11 is 1.68. The van der Waals surface area contributed by atoms with Crippen LogP contribution in [-0.4, -0.2) is 38.9 Å². The maximum Gasteiger partial charge on any atom is 0.231 e. The second-order valence-electron chi connectivity index (χ2n) is 6.04. The molecule has 0 aliphatic heterocycles. The van der Waals surface area contributed by atoms with Crippen LogP contribution in [0.15, 0.2) is 17.5 Å². The van der Waals surface area contributed by atoms with Crippen molar-refractivity contribution in [2.24, 2.45) is 0 Å². The van der Waals surface area contributed by atoms with Crippen molar-refractivity contribution in [3.63, 3.8) is 0 Å². The largest absolute Gasteiger partial charge is 0.382 e. The number of rotatable bonds is 7. The topological polar surface area (TPSA) is 47.6 Å². The first-order valence-electron chi connectivity index (χ1n) is 7.43. The molecule has 1 atom stereocenters. The average molecular weight is 311 g/mol. The van der Waals surface area contributed by atoms with Gasteiger partial charge in [-0.2, -0.15) is 0 Å². The fourth-order valence-corrected chi connectivity index (χ4v) is 4.02. The zero-order chi connectivity index (χ0) is 15.3. The lowest BCUT2D eigenvalue weighted by molar-refractivity contribution is -0.128. The van der Waals surface area contributed by atoms with Gasteiger partial charge in [-0.25, -0.2) is 0 Å². The van der Waals surface area contributed by atoms with Crippen molar-refractivity contribution in [2.75, 3.05) is 27.4 Å². The van der Waals surface area contributed by atoms with E-state index in [4.69, 9.17) is 9.47 Å². The van der Waals surface area contributed by atoms with Gasteiger partial charge in [-0.05, 0) is 31.2 Å². The highest BCUT2D eigenvalue weighted by molar-refractivity contribution is 7.10. The van der Waals surface area contributed by atoms with Gasteiger partial charge in [-0.1, -0.05) is 18.9 Å². The average Bonchev–Trinajstić information content (AvgIpc) is 3.16. The predicted molar refractivity (Wildman–Crippen MR) is 84.8 cm³/mol. The van der Waals surface area contributed by atoms with Gasteiger partial charge in [0, 0.05) is 25.6 Å². The molecule has 5 heteroatoms.